The molecule has 8 nitrogen and oxygen atoms in total. The van der Waals surface area contributed by atoms with E-state index >= 15 is 0 Å². The summed E-state index contributed by atoms with van der Waals surface area (Å²) in [5.41, 5.74) is 1.16. The van der Waals surface area contributed by atoms with Crippen LogP contribution in [0.25, 0.3) is 10.6 Å². The molecule has 0 saturated carbocycles. The Morgan fingerprint density at radius 1 is 1.04 bits per heavy atom. The van der Waals surface area contributed by atoms with E-state index < -0.39 is 11.9 Å². The molecule has 9 heteroatoms. The van der Waals surface area contributed by atoms with Crippen molar-refractivity contribution in [2.45, 2.75) is 24.9 Å². The van der Waals surface area contributed by atoms with Crippen molar-refractivity contribution in [2.24, 2.45) is 0 Å². The van der Waals surface area contributed by atoms with E-state index in [1.165, 1.54) is 12.8 Å². The SMILES string of the molecule is CN1C2CCC1CN(c1nnc(-c3ccccc3)s1)C2.O=C(O)/C=C/C(=O)O. The van der Waals surface area contributed by atoms with Crippen molar-refractivity contribution in [3.05, 3.63) is 42.5 Å². The Kier molecular flexibility index (Phi) is 6.37. The number of aromatic nitrogens is 2. The summed E-state index contributed by atoms with van der Waals surface area (Å²) in [5.74, 6) is -2.51. The van der Waals surface area contributed by atoms with Gasteiger partial charge in [-0.1, -0.05) is 41.7 Å². The van der Waals surface area contributed by atoms with Crippen LogP contribution in [0.3, 0.4) is 0 Å². The first kappa shape index (κ1) is 20.0. The molecule has 2 bridgehead atoms. The number of hydrogen-bond donors (Lipinski definition) is 2. The van der Waals surface area contributed by atoms with Gasteiger partial charge in [0.25, 0.3) is 0 Å². The van der Waals surface area contributed by atoms with Gasteiger partial charge in [-0.15, -0.1) is 10.2 Å². The molecule has 28 heavy (non-hydrogen) atoms. The summed E-state index contributed by atoms with van der Waals surface area (Å²) in [4.78, 5) is 24.1. The van der Waals surface area contributed by atoms with Gasteiger partial charge in [0, 0.05) is 42.9 Å². The van der Waals surface area contributed by atoms with Crippen LogP contribution in [0.15, 0.2) is 42.5 Å². The highest BCUT2D eigenvalue weighted by atomic mass is 32.1. The first-order valence-electron chi connectivity index (χ1n) is 8.93. The zero-order chi connectivity index (χ0) is 20.1. The highest BCUT2D eigenvalue weighted by molar-refractivity contribution is 7.18. The fourth-order valence-electron chi connectivity index (χ4n) is 3.45. The maximum absolute atomic E-state index is 9.55. The number of piperazine rings is 1. The first-order chi connectivity index (χ1) is 13.4. The van der Waals surface area contributed by atoms with Gasteiger partial charge in [-0.3, -0.25) is 4.90 Å². The van der Waals surface area contributed by atoms with Crippen LogP contribution >= 0.6 is 11.3 Å². The highest BCUT2D eigenvalue weighted by Crippen LogP contribution is 2.34. The van der Waals surface area contributed by atoms with Gasteiger partial charge in [0.1, 0.15) is 5.01 Å². The third kappa shape index (κ3) is 4.93. The van der Waals surface area contributed by atoms with E-state index in [-0.39, 0.29) is 0 Å². The number of likely N-dealkylation sites (N-methyl/N-ethyl adjacent to an activating group) is 1. The summed E-state index contributed by atoms with van der Waals surface area (Å²) in [6.07, 6.45) is 3.76. The maximum Gasteiger partial charge on any atom is 0.328 e. The quantitative estimate of drug-likeness (QED) is 0.750. The number of anilines is 1. The lowest BCUT2D eigenvalue weighted by molar-refractivity contribution is -0.134. The molecule has 148 valence electrons. The van der Waals surface area contributed by atoms with Crippen molar-refractivity contribution >= 4 is 28.4 Å². The van der Waals surface area contributed by atoms with Crippen molar-refractivity contribution in [3.63, 3.8) is 0 Å². The topological polar surface area (TPSA) is 107 Å². The maximum atomic E-state index is 9.55. The lowest BCUT2D eigenvalue weighted by atomic mass is 10.2. The molecule has 3 heterocycles. The molecule has 1 aromatic heterocycles. The standard InChI is InChI=1S/C15H18N4S.C4H4O4/c1-18-12-7-8-13(18)10-19(9-12)15-17-16-14(20-15)11-5-3-2-4-6-11;5-3(6)1-2-4(7)8/h2-6,12-13H,7-10H2,1H3;1-2H,(H,5,6)(H,7,8)/b;2-1+. The number of carbonyl (C=O) groups is 2. The summed E-state index contributed by atoms with van der Waals surface area (Å²) in [5, 5.41) is 26.5. The third-order valence-corrected chi connectivity index (χ3v) is 5.95. The molecule has 0 amide bonds. The number of carboxylic acid groups (broad SMARTS) is 2. The van der Waals surface area contributed by atoms with Gasteiger partial charge in [0.15, 0.2) is 0 Å². The molecule has 2 aromatic rings. The Labute approximate surface area is 166 Å². The molecule has 0 spiro atoms. The van der Waals surface area contributed by atoms with E-state index in [9.17, 15) is 9.59 Å². The lowest BCUT2D eigenvalue weighted by Gasteiger charge is -2.38. The lowest BCUT2D eigenvalue weighted by Crippen LogP contribution is -2.52. The summed E-state index contributed by atoms with van der Waals surface area (Å²) >= 11 is 1.71. The van der Waals surface area contributed by atoms with Crippen LogP contribution < -0.4 is 4.90 Å². The van der Waals surface area contributed by atoms with Crippen molar-refractivity contribution in [1.29, 1.82) is 0 Å². The normalized spacial score (nSPS) is 21.4. The van der Waals surface area contributed by atoms with Crippen molar-refractivity contribution < 1.29 is 19.8 Å². The van der Waals surface area contributed by atoms with Crippen LogP contribution in [0.5, 0.6) is 0 Å². The largest absolute Gasteiger partial charge is 0.478 e. The van der Waals surface area contributed by atoms with Gasteiger partial charge in [-0.2, -0.15) is 0 Å². The predicted molar refractivity (Wildman–Crippen MR) is 107 cm³/mol. The number of benzene rings is 1. The van der Waals surface area contributed by atoms with Crippen LogP contribution in [0, 0.1) is 0 Å². The first-order valence-corrected chi connectivity index (χ1v) is 9.75. The number of carboxylic acids is 2. The van der Waals surface area contributed by atoms with Gasteiger partial charge in [0.2, 0.25) is 5.13 Å². The highest BCUT2D eigenvalue weighted by Gasteiger charge is 2.38. The molecule has 2 aliphatic rings. The van der Waals surface area contributed by atoms with Crippen molar-refractivity contribution in [3.8, 4) is 10.6 Å². The van der Waals surface area contributed by atoms with E-state index in [2.05, 4.69) is 39.2 Å². The molecule has 2 saturated heterocycles. The Bertz CT molecular complexity index is 825. The Balaban J connectivity index is 0.000000242. The van der Waals surface area contributed by atoms with E-state index in [0.29, 0.717) is 24.2 Å². The minimum atomic E-state index is -1.26. The average Bonchev–Trinajstić information content (AvgIpc) is 3.23. The Morgan fingerprint density at radius 2 is 1.61 bits per heavy atom. The van der Waals surface area contributed by atoms with Crippen LogP contribution in [0.1, 0.15) is 12.8 Å². The minimum absolute atomic E-state index is 0.558. The summed E-state index contributed by atoms with van der Waals surface area (Å²) in [6.45, 7) is 2.19. The van der Waals surface area contributed by atoms with E-state index in [0.717, 1.165) is 28.8 Å². The van der Waals surface area contributed by atoms with E-state index in [1.807, 2.05) is 18.2 Å². The van der Waals surface area contributed by atoms with Gasteiger partial charge < -0.3 is 15.1 Å². The number of nitrogens with zero attached hydrogens (tertiary/aromatic N) is 4. The smallest absolute Gasteiger partial charge is 0.328 e. The van der Waals surface area contributed by atoms with E-state index in [1.54, 1.807) is 11.3 Å². The van der Waals surface area contributed by atoms with Gasteiger partial charge >= 0.3 is 11.9 Å². The number of fused-ring (bicyclic) bond motifs is 2. The molecule has 1 aromatic carbocycles. The second-order valence-electron chi connectivity index (χ2n) is 6.72. The number of hydrogen-bond acceptors (Lipinski definition) is 7. The molecule has 2 N–H and O–H groups in total. The Morgan fingerprint density at radius 3 is 2.14 bits per heavy atom. The van der Waals surface area contributed by atoms with Crippen LogP contribution in [0.4, 0.5) is 5.13 Å². The van der Waals surface area contributed by atoms with Crippen LogP contribution in [0.2, 0.25) is 0 Å². The van der Waals surface area contributed by atoms with Crippen LogP contribution in [-0.4, -0.2) is 69.5 Å². The zero-order valence-corrected chi connectivity index (χ0v) is 16.2. The van der Waals surface area contributed by atoms with E-state index in [4.69, 9.17) is 10.2 Å². The third-order valence-electron chi connectivity index (χ3n) is 4.92. The minimum Gasteiger partial charge on any atom is -0.478 e. The second-order valence-corrected chi connectivity index (χ2v) is 7.68. The molecule has 2 aliphatic heterocycles. The van der Waals surface area contributed by atoms with Gasteiger partial charge in [-0.05, 0) is 19.9 Å². The molecule has 0 radical (unpaired) electrons. The summed E-state index contributed by atoms with van der Waals surface area (Å²) in [6, 6.07) is 11.7. The fourth-order valence-corrected chi connectivity index (χ4v) is 4.32. The number of rotatable bonds is 4. The molecular weight excluding hydrogens is 380 g/mol. The predicted octanol–water partition coefficient (Wildman–Crippen LogP) is 2.20. The molecule has 2 fully saturated rings. The van der Waals surface area contributed by atoms with Crippen LogP contribution in [-0.2, 0) is 9.59 Å². The molecule has 2 atom stereocenters. The molecular formula is C19H22N4O4S. The molecule has 2 unspecified atom stereocenters. The second kappa shape index (κ2) is 8.94. The zero-order valence-electron chi connectivity index (χ0n) is 15.4. The molecule has 4 rings (SSSR count). The van der Waals surface area contributed by atoms with Crippen molar-refractivity contribution in [2.75, 3.05) is 25.0 Å². The fraction of sp³-hybridized carbons (Fsp3) is 0.368. The summed E-state index contributed by atoms with van der Waals surface area (Å²) < 4.78 is 0. The number of aliphatic carboxylic acids is 2. The molecule has 0 aliphatic carbocycles. The monoisotopic (exact) mass is 402 g/mol. The Hall–Kier alpha value is -2.78. The summed E-state index contributed by atoms with van der Waals surface area (Å²) in [7, 11) is 2.26. The average molecular weight is 402 g/mol. The van der Waals surface area contributed by atoms with Gasteiger partial charge in [0.05, 0.1) is 0 Å². The van der Waals surface area contributed by atoms with Gasteiger partial charge in [-0.25, -0.2) is 9.59 Å². The van der Waals surface area contributed by atoms with Crippen molar-refractivity contribution in [1.82, 2.24) is 15.1 Å².